The standard InChI is InChI=1S/C28H30F4N4O5S/c1-42(38,39)22-11-15(21-5-4-10-40-21)7-8-18(22)34-19-12-16(13-20(37)17-14-28(17,31)32)33-26-24(19)35-27(25(29)30)36(26)23-6-2-3-9-41-23/h7-8,11-12,17,21,23,25H,2-6,9-10,13-14H2,1H3,(H,33,34)/t17?,21-,23?/m1/s1. The minimum atomic E-state index is -3.77. The van der Waals surface area contributed by atoms with Gasteiger partial charge in [0.15, 0.2) is 21.3 Å². The minimum absolute atomic E-state index is 0.00933. The second-order valence-electron chi connectivity index (χ2n) is 11.1. The SMILES string of the molecule is CS(=O)(=O)c1cc([C@H]2CCCO2)ccc1Nc1cc(CC(=O)C2CC2(F)F)nc2c1nc(C(F)F)n2C1CCCCO1. The maximum atomic E-state index is 14.3. The highest BCUT2D eigenvalue weighted by Gasteiger charge is 2.60. The van der Waals surface area contributed by atoms with Crippen LogP contribution in [-0.4, -0.2) is 54.1 Å². The molecule has 1 aromatic carbocycles. The minimum Gasteiger partial charge on any atom is -0.374 e. The largest absolute Gasteiger partial charge is 0.374 e. The predicted octanol–water partition coefficient (Wildman–Crippen LogP) is 5.83. The number of nitrogens with one attached hydrogen (secondary N) is 1. The third-order valence-electron chi connectivity index (χ3n) is 7.91. The van der Waals surface area contributed by atoms with E-state index in [2.05, 4.69) is 15.3 Å². The summed E-state index contributed by atoms with van der Waals surface area (Å²) < 4.78 is 94.2. The highest BCUT2D eigenvalue weighted by molar-refractivity contribution is 7.90. The molecule has 1 aliphatic carbocycles. The van der Waals surface area contributed by atoms with E-state index in [9.17, 15) is 30.8 Å². The number of hydrogen-bond acceptors (Lipinski definition) is 8. The maximum Gasteiger partial charge on any atom is 0.295 e. The Labute approximate surface area is 239 Å². The number of alkyl halides is 4. The van der Waals surface area contributed by atoms with E-state index in [-0.39, 0.29) is 39.2 Å². The van der Waals surface area contributed by atoms with Gasteiger partial charge in [-0.05, 0) is 55.9 Å². The monoisotopic (exact) mass is 610 g/mol. The summed E-state index contributed by atoms with van der Waals surface area (Å²) in [5, 5.41) is 3.02. The molecule has 2 aromatic heterocycles. The van der Waals surface area contributed by atoms with Gasteiger partial charge in [0.05, 0.1) is 34.0 Å². The van der Waals surface area contributed by atoms with Gasteiger partial charge >= 0.3 is 0 Å². The Morgan fingerprint density at radius 1 is 1.10 bits per heavy atom. The number of fused-ring (bicyclic) bond motifs is 1. The van der Waals surface area contributed by atoms with Gasteiger partial charge in [-0.1, -0.05) is 6.07 Å². The van der Waals surface area contributed by atoms with E-state index in [1.165, 1.54) is 16.7 Å². The van der Waals surface area contributed by atoms with Crippen LogP contribution in [0.25, 0.3) is 11.2 Å². The molecule has 0 amide bonds. The van der Waals surface area contributed by atoms with Gasteiger partial charge in [-0.3, -0.25) is 9.36 Å². The molecule has 1 N–H and O–H groups in total. The van der Waals surface area contributed by atoms with Gasteiger partial charge in [-0.25, -0.2) is 35.9 Å². The summed E-state index contributed by atoms with van der Waals surface area (Å²) in [6.45, 7) is 0.920. The number of ketones is 1. The summed E-state index contributed by atoms with van der Waals surface area (Å²) >= 11 is 0. The lowest BCUT2D eigenvalue weighted by molar-refractivity contribution is -0.121. The molecule has 3 fully saturated rings. The first-order chi connectivity index (χ1) is 19.9. The molecule has 6 rings (SSSR count). The zero-order valence-electron chi connectivity index (χ0n) is 22.8. The van der Waals surface area contributed by atoms with Gasteiger partial charge < -0.3 is 14.8 Å². The van der Waals surface area contributed by atoms with Gasteiger partial charge in [-0.15, -0.1) is 0 Å². The van der Waals surface area contributed by atoms with Gasteiger partial charge in [0.1, 0.15) is 17.5 Å². The van der Waals surface area contributed by atoms with Crippen LogP contribution in [0, 0.1) is 5.92 Å². The number of Topliss-reactive ketones (excluding diaryl/α,β-unsaturated/α-hetero) is 1. The van der Waals surface area contributed by atoms with Gasteiger partial charge in [0.2, 0.25) is 0 Å². The lowest BCUT2D eigenvalue weighted by Crippen LogP contribution is -2.21. The number of carbonyl (C=O) groups is 1. The van der Waals surface area contributed by atoms with Crippen molar-refractivity contribution in [3.8, 4) is 0 Å². The fourth-order valence-electron chi connectivity index (χ4n) is 5.68. The van der Waals surface area contributed by atoms with Crippen LogP contribution in [0.3, 0.4) is 0 Å². The average molecular weight is 611 g/mol. The molecule has 3 aromatic rings. The topological polar surface area (TPSA) is 112 Å². The first kappa shape index (κ1) is 29.0. The van der Waals surface area contributed by atoms with Crippen molar-refractivity contribution in [1.82, 2.24) is 14.5 Å². The van der Waals surface area contributed by atoms with E-state index in [1.54, 1.807) is 12.1 Å². The lowest BCUT2D eigenvalue weighted by Gasteiger charge is -2.25. The Morgan fingerprint density at radius 3 is 2.48 bits per heavy atom. The predicted molar refractivity (Wildman–Crippen MR) is 144 cm³/mol. The summed E-state index contributed by atoms with van der Waals surface area (Å²) in [7, 11) is -3.77. The number of anilines is 2. The zero-order valence-corrected chi connectivity index (χ0v) is 23.6. The second kappa shape index (κ2) is 10.9. The number of sulfone groups is 1. The van der Waals surface area contributed by atoms with Crippen molar-refractivity contribution >= 4 is 38.2 Å². The van der Waals surface area contributed by atoms with Crippen LogP contribution in [0.2, 0.25) is 0 Å². The van der Waals surface area contributed by atoms with E-state index < -0.39 is 58.8 Å². The average Bonchev–Trinajstić information content (AvgIpc) is 3.30. The smallest absolute Gasteiger partial charge is 0.295 e. The molecule has 14 heteroatoms. The quantitative estimate of drug-likeness (QED) is 0.301. The molecule has 0 bridgehead atoms. The number of benzene rings is 1. The number of hydrogen-bond donors (Lipinski definition) is 1. The van der Waals surface area contributed by atoms with Crippen LogP contribution in [-0.2, 0) is 30.5 Å². The number of aromatic nitrogens is 3. The van der Waals surface area contributed by atoms with Crippen molar-refractivity contribution < 1.29 is 40.2 Å². The number of halogens is 4. The fourth-order valence-corrected chi connectivity index (χ4v) is 6.55. The van der Waals surface area contributed by atoms with Crippen molar-refractivity contribution in [1.29, 1.82) is 0 Å². The Balaban J connectivity index is 1.47. The Hall–Kier alpha value is -3.10. The van der Waals surface area contributed by atoms with E-state index in [1.807, 2.05) is 0 Å². The van der Waals surface area contributed by atoms with Crippen molar-refractivity contribution in [2.45, 2.75) is 74.5 Å². The van der Waals surface area contributed by atoms with E-state index in [4.69, 9.17) is 9.47 Å². The van der Waals surface area contributed by atoms with Crippen molar-refractivity contribution in [2.24, 2.45) is 5.92 Å². The molecule has 0 spiro atoms. The van der Waals surface area contributed by atoms with Crippen LogP contribution >= 0.6 is 0 Å². The number of nitrogens with zero attached hydrogens (tertiary/aromatic N) is 3. The van der Waals surface area contributed by atoms with Crippen LogP contribution in [0.4, 0.5) is 28.9 Å². The van der Waals surface area contributed by atoms with Crippen LogP contribution < -0.4 is 5.32 Å². The first-order valence-corrected chi connectivity index (χ1v) is 15.8. The second-order valence-corrected chi connectivity index (χ2v) is 13.1. The van der Waals surface area contributed by atoms with Crippen LogP contribution in [0.15, 0.2) is 29.2 Å². The molecule has 2 aliphatic heterocycles. The molecule has 2 saturated heterocycles. The third-order valence-corrected chi connectivity index (χ3v) is 9.05. The number of carbonyl (C=O) groups excluding carboxylic acids is 1. The lowest BCUT2D eigenvalue weighted by atomic mass is 10.1. The van der Waals surface area contributed by atoms with Crippen molar-refractivity contribution in [3.63, 3.8) is 0 Å². The number of ether oxygens (including phenoxy) is 2. The van der Waals surface area contributed by atoms with Crippen LogP contribution in [0.5, 0.6) is 0 Å². The molecule has 226 valence electrons. The maximum absolute atomic E-state index is 14.3. The molecule has 1 saturated carbocycles. The summed E-state index contributed by atoms with van der Waals surface area (Å²) in [5.41, 5.74) is 1.01. The van der Waals surface area contributed by atoms with E-state index >= 15 is 0 Å². The van der Waals surface area contributed by atoms with Gasteiger partial charge in [-0.2, -0.15) is 0 Å². The zero-order chi connectivity index (χ0) is 29.8. The number of imidazole rings is 1. The molecule has 3 atom stereocenters. The van der Waals surface area contributed by atoms with Crippen LogP contribution in [0.1, 0.15) is 74.4 Å². The number of rotatable bonds is 9. The molecular formula is C28H30F4N4O5S. The fraction of sp³-hybridized carbons (Fsp3) is 0.536. The molecule has 42 heavy (non-hydrogen) atoms. The van der Waals surface area contributed by atoms with Gasteiger partial charge in [0, 0.05) is 32.3 Å². The summed E-state index contributed by atoms with van der Waals surface area (Å²) in [5.74, 6) is -5.80. The van der Waals surface area contributed by atoms with Gasteiger partial charge in [0.25, 0.3) is 12.3 Å². The molecule has 4 heterocycles. The number of pyridine rings is 1. The third kappa shape index (κ3) is 5.63. The highest BCUT2D eigenvalue weighted by Crippen LogP contribution is 2.49. The van der Waals surface area contributed by atoms with E-state index in [0.29, 0.717) is 25.2 Å². The highest BCUT2D eigenvalue weighted by atomic mass is 32.2. The Bertz CT molecular complexity index is 1630. The summed E-state index contributed by atoms with van der Waals surface area (Å²) in [6.07, 6.45) is -0.466. The van der Waals surface area contributed by atoms with E-state index in [0.717, 1.165) is 31.9 Å². The van der Waals surface area contributed by atoms with Crippen molar-refractivity contribution in [2.75, 3.05) is 24.8 Å². The Kier molecular flexibility index (Phi) is 7.50. The normalized spacial score (nSPS) is 23.9. The molecule has 3 aliphatic rings. The van der Waals surface area contributed by atoms with Crippen molar-refractivity contribution in [3.05, 3.63) is 41.3 Å². The molecule has 2 unspecified atom stereocenters. The summed E-state index contributed by atoms with van der Waals surface area (Å²) in [6, 6.07) is 6.17. The Morgan fingerprint density at radius 2 is 1.86 bits per heavy atom. The molecular weight excluding hydrogens is 580 g/mol. The summed E-state index contributed by atoms with van der Waals surface area (Å²) in [4.78, 5) is 21.2. The molecule has 9 nitrogen and oxygen atoms in total. The molecule has 0 radical (unpaired) electrons. The first-order valence-electron chi connectivity index (χ1n) is 13.9.